The quantitative estimate of drug-likeness (QED) is 0.587. The third-order valence-electron chi connectivity index (χ3n) is 5.40. The Bertz CT molecular complexity index is 352. The van der Waals surface area contributed by atoms with Gasteiger partial charge in [-0.15, -0.1) is 0 Å². The second-order valence-corrected chi connectivity index (χ2v) is 5.90. The molecule has 0 amide bonds. The molecule has 0 N–H and O–H groups in total. The normalized spacial score (nSPS) is 47.7. The zero-order valence-electron chi connectivity index (χ0n) is 10.1. The van der Waals surface area contributed by atoms with E-state index in [1.165, 1.54) is 12.8 Å². The molecule has 0 aromatic rings. The van der Waals surface area contributed by atoms with Gasteiger partial charge in [0.1, 0.15) is 0 Å². The first kappa shape index (κ1) is 10.5. The maximum absolute atomic E-state index is 11.7. The van der Waals surface area contributed by atoms with Crippen molar-refractivity contribution < 1.29 is 9.53 Å². The van der Waals surface area contributed by atoms with E-state index >= 15 is 0 Å². The number of carbonyl (C=O) groups excluding carboxylic acids is 1. The highest BCUT2D eigenvalue weighted by Crippen LogP contribution is 2.62. The second-order valence-electron chi connectivity index (χ2n) is 5.90. The number of hydrogen-bond donors (Lipinski definition) is 0. The van der Waals surface area contributed by atoms with Gasteiger partial charge in [-0.05, 0) is 43.6 Å². The first-order valence-corrected chi connectivity index (χ1v) is 6.45. The molecule has 1 spiro atoms. The van der Waals surface area contributed by atoms with Gasteiger partial charge in [0.2, 0.25) is 0 Å². The Hall–Kier alpha value is -0.630. The third kappa shape index (κ3) is 1.09. The van der Waals surface area contributed by atoms with Gasteiger partial charge >= 0.3 is 0 Å². The van der Waals surface area contributed by atoms with Crippen LogP contribution in [0.2, 0.25) is 0 Å². The van der Waals surface area contributed by atoms with Crippen LogP contribution < -0.4 is 0 Å². The molecule has 1 saturated heterocycles. The maximum atomic E-state index is 11.7. The molecule has 0 radical (unpaired) electrons. The summed E-state index contributed by atoms with van der Waals surface area (Å²) in [6, 6.07) is 0. The van der Waals surface area contributed by atoms with Crippen molar-refractivity contribution in [2.45, 2.75) is 51.0 Å². The minimum absolute atomic E-state index is 0.0707. The van der Waals surface area contributed by atoms with Gasteiger partial charge in [0.05, 0.1) is 5.60 Å². The lowest BCUT2D eigenvalue weighted by atomic mass is 9.61. The smallest absolute Gasteiger partial charge is 0.158 e. The standard InChI is InChI=1S/C14H20O2/c1-10-11-4-8-14(6-3-9-16-14)13(11,2)7-5-12(10)15/h11H,1,3-9H2,2H3/t11?,13-,14?/m1/s1. The number of carbonyl (C=O) groups is 1. The van der Waals surface area contributed by atoms with Crippen molar-refractivity contribution in [1.29, 1.82) is 0 Å². The predicted octanol–water partition coefficient (Wildman–Crippen LogP) is 2.87. The topological polar surface area (TPSA) is 26.3 Å². The Morgan fingerprint density at radius 3 is 2.88 bits per heavy atom. The van der Waals surface area contributed by atoms with E-state index in [9.17, 15) is 4.79 Å². The van der Waals surface area contributed by atoms with E-state index in [1.54, 1.807) is 0 Å². The van der Waals surface area contributed by atoms with Crippen LogP contribution in [-0.2, 0) is 9.53 Å². The molecule has 3 atom stereocenters. The second kappa shape index (κ2) is 3.19. The molecule has 2 heteroatoms. The Labute approximate surface area is 97.1 Å². The fourth-order valence-corrected chi connectivity index (χ4v) is 4.33. The van der Waals surface area contributed by atoms with Crippen LogP contribution in [0.4, 0.5) is 0 Å². The monoisotopic (exact) mass is 220 g/mol. The molecule has 0 aromatic carbocycles. The van der Waals surface area contributed by atoms with Gasteiger partial charge in [0.15, 0.2) is 5.78 Å². The van der Waals surface area contributed by atoms with Gasteiger partial charge in [0.25, 0.3) is 0 Å². The molecule has 0 bridgehead atoms. The summed E-state index contributed by atoms with van der Waals surface area (Å²) in [5, 5.41) is 0. The number of ether oxygens (including phenoxy) is 1. The number of Topliss-reactive ketones (excluding diaryl/α,β-unsaturated/α-hetero) is 1. The Balaban J connectivity index is 1.99. The SMILES string of the molecule is C=C1C(=O)CC[C@]2(C)C1CCC21CCCO1. The summed E-state index contributed by atoms with van der Waals surface area (Å²) in [4.78, 5) is 11.7. The summed E-state index contributed by atoms with van der Waals surface area (Å²) in [7, 11) is 0. The molecule has 1 heterocycles. The third-order valence-corrected chi connectivity index (χ3v) is 5.40. The molecule has 16 heavy (non-hydrogen) atoms. The number of rotatable bonds is 0. The zero-order valence-corrected chi connectivity index (χ0v) is 10.1. The Morgan fingerprint density at radius 2 is 2.19 bits per heavy atom. The van der Waals surface area contributed by atoms with Crippen molar-refractivity contribution in [3.8, 4) is 0 Å². The molecule has 3 fully saturated rings. The van der Waals surface area contributed by atoms with E-state index in [2.05, 4.69) is 13.5 Å². The van der Waals surface area contributed by atoms with E-state index in [1.807, 2.05) is 0 Å². The summed E-state index contributed by atoms with van der Waals surface area (Å²) < 4.78 is 6.11. The number of fused-ring (bicyclic) bond motifs is 2. The van der Waals surface area contributed by atoms with Crippen molar-refractivity contribution in [2.24, 2.45) is 11.3 Å². The Kier molecular flexibility index (Phi) is 2.10. The van der Waals surface area contributed by atoms with Crippen LogP contribution in [0.15, 0.2) is 12.2 Å². The van der Waals surface area contributed by atoms with Crippen LogP contribution in [0.5, 0.6) is 0 Å². The highest BCUT2D eigenvalue weighted by Gasteiger charge is 2.61. The largest absolute Gasteiger partial charge is 0.374 e. The van der Waals surface area contributed by atoms with Crippen molar-refractivity contribution in [3.05, 3.63) is 12.2 Å². The molecule has 2 aliphatic carbocycles. The molecule has 3 rings (SSSR count). The minimum atomic E-state index is 0.0707. The Morgan fingerprint density at radius 1 is 1.38 bits per heavy atom. The zero-order chi connectivity index (χ0) is 11.4. The van der Waals surface area contributed by atoms with Crippen LogP contribution >= 0.6 is 0 Å². The average Bonchev–Trinajstić information content (AvgIpc) is 2.84. The fraction of sp³-hybridized carbons (Fsp3) is 0.786. The highest BCUT2D eigenvalue weighted by atomic mass is 16.5. The van der Waals surface area contributed by atoms with E-state index in [0.717, 1.165) is 31.4 Å². The molecular weight excluding hydrogens is 200 g/mol. The van der Waals surface area contributed by atoms with Gasteiger partial charge < -0.3 is 4.74 Å². The number of ketones is 1. The van der Waals surface area contributed by atoms with Gasteiger partial charge in [-0.2, -0.15) is 0 Å². The minimum Gasteiger partial charge on any atom is -0.374 e. The molecule has 3 aliphatic rings. The van der Waals surface area contributed by atoms with Crippen molar-refractivity contribution in [2.75, 3.05) is 6.61 Å². The van der Waals surface area contributed by atoms with E-state index in [4.69, 9.17) is 4.74 Å². The van der Waals surface area contributed by atoms with Gasteiger partial charge in [0, 0.05) is 18.4 Å². The number of hydrogen-bond acceptors (Lipinski definition) is 2. The fourth-order valence-electron chi connectivity index (χ4n) is 4.33. The molecule has 2 saturated carbocycles. The first-order valence-electron chi connectivity index (χ1n) is 6.45. The van der Waals surface area contributed by atoms with Crippen LogP contribution in [-0.4, -0.2) is 18.0 Å². The van der Waals surface area contributed by atoms with E-state index in [0.29, 0.717) is 12.3 Å². The average molecular weight is 220 g/mol. The van der Waals surface area contributed by atoms with Crippen molar-refractivity contribution in [1.82, 2.24) is 0 Å². The van der Waals surface area contributed by atoms with Crippen LogP contribution in [0, 0.1) is 11.3 Å². The summed E-state index contributed by atoms with van der Waals surface area (Å²) >= 11 is 0. The molecule has 88 valence electrons. The highest BCUT2D eigenvalue weighted by molar-refractivity contribution is 5.96. The van der Waals surface area contributed by atoms with Crippen LogP contribution in [0.1, 0.15) is 45.4 Å². The molecular formula is C14H20O2. The lowest BCUT2D eigenvalue weighted by Gasteiger charge is -2.46. The molecule has 1 aliphatic heterocycles. The van der Waals surface area contributed by atoms with Gasteiger partial charge in [-0.25, -0.2) is 0 Å². The molecule has 0 aromatic heterocycles. The molecule has 2 nitrogen and oxygen atoms in total. The van der Waals surface area contributed by atoms with Crippen molar-refractivity contribution in [3.63, 3.8) is 0 Å². The van der Waals surface area contributed by atoms with Crippen LogP contribution in [0.3, 0.4) is 0 Å². The van der Waals surface area contributed by atoms with E-state index < -0.39 is 0 Å². The van der Waals surface area contributed by atoms with Crippen molar-refractivity contribution >= 4 is 5.78 Å². The summed E-state index contributed by atoms with van der Waals surface area (Å²) in [6.45, 7) is 7.27. The van der Waals surface area contributed by atoms with E-state index in [-0.39, 0.29) is 16.8 Å². The predicted molar refractivity (Wildman–Crippen MR) is 62.1 cm³/mol. The van der Waals surface area contributed by atoms with Gasteiger partial charge in [-0.1, -0.05) is 13.5 Å². The first-order chi connectivity index (χ1) is 7.59. The van der Waals surface area contributed by atoms with Crippen LogP contribution in [0.25, 0.3) is 0 Å². The summed E-state index contributed by atoms with van der Waals surface area (Å²) in [5.41, 5.74) is 1.12. The maximum Gasteiger partial charge on any atom is 0.158 e. The lowest BCUT2D eigenvalue weighted by molar-refractivity contribution is -0.125. The molecule has 2 unspecified atom stereocenters. The lowest BCUT2D eigenvalue weighted by Crippen LogP contribution is -2.47. The van der Waals surface area contributed by atoms with Gasteiger partial charge in [-0.3, -0.25) is 4.79 Å². The summed E-state index contributed by atoms with van der Waals surface area (Å²) in [5.74, 6) is 0.671. The number of allylic oxidation sites excluding steroid dienone is 1. The summed E-state index contributed by atoms with van der Waals surface area (Å²) in [6.07, 6.45) is 6.26.